The number of hydrogen-bond donors (Lipinski definition) is 2. The number of thioether (sulfide) groups is 1. The highest BCUT2D eigenvalue weighted by molar-refractivity contribution is 14.1. The first-order valence-corrected chi connectivity index (χ1v) is 7.27. The molecule has 1 aliphatic heterocycles. The molecule has 1 amide bonds. The van der Waals surface area contributed by atoms with Gasteiger partial charge in [0.2, 0.25) is 0 Å². The fraction of sp³-hybridized carbons (Fsp3) is 0.364. The number of aromatic hydroxyl groups is 1. The lowest BCUT2D eigenvalue weighted by Crippen LogP contribution is -2.34. The van der Waals surface area contributed by atoms with Crippen molar-refractivity contribution in [3.8, 4) is 5.75 Å². The van der Waals surface area contributed by atoms with Crippen LogP contribution in [0.15, 0.2) is 18.2 Å². The molecule has 0 aliphatic carbocycles. The van der Waals surface area contributed by atoms with Gasteiger partial charge < -0.3 is 10.4 Å². The summed E-state index contributed by atoms with van der Waals surface area (Å²) in [5.41, 5.74) is 0.365. The zero-order chi connectivity index (χ0) is 11.5. The number of phenolic OH excluding ortho intramolecular Hbond substituents is 1. The number of benzene rings is 1. The van der Waals surface area contributed by atoms with Crippen LogP contribution < -0.4 is 5.32 Å². The maximum absolute atomic E-state index is 11.9. The number of carbonyl (C=O) groups excluding carboxylic acids is 1. The molecule has 1 heterocycles. The van der Waals surface area contributed by atoms with Crippen LogP contribution in [0, 0.1) is 3.57 Å². The minimum absolute atomic E-state index is 0.0450. The van der Waals surface area contributed by atoms with Gasteiger partial charge in [-0.25, -0.2) is 0 Å². The van der Waals surface area contributed by atoms with E-state index in [0.29, 0.717) is 5.56 Å². The Hall–Kier alpha value is -0.430. The number of rotatable bonds is 2. The van der Waals surface area contributed by atoms with Crippen LogP contribution in [0.2, 0.25) is 0 Å². The minimum atomic E-state index is -0.177. The van der Waals surface area contributed by atoms with Crippen molar-refractivity contribution in [2.75, 3.05) is 11.5 Å². The zero-order valence-electron chi connectivity index (χ0n) is 8.57. The van der Waals surface area contributed by atoms with E-state index in [0.717, 1.165) is 21.5 Å². The van der Waals surface area contributed by atoms with Gasteiger partial charge in [0.05, 0.1) is 5.56 Å². The maximum Gasteiger partial charge on any atom is 0.255 e. The molecule has 0 saturated carbocycles. The second-order valence-electron chi connectivity index (χ2n) is 3.70. The second-order valence-corrected chi connectivity index (χ2v) is 6.09. The van der Waals surface area contributed by atoms with Crippen LogP contribution in [0.1, 0.15) is 16.8 Å². The van der Waals surface area contributed by atoms with Crippen molar-refractivity contribution >= 4 is 40.3 Å². The Kier molecular flexibility index (Phi) is 3.96. The molecule has 16 heavy (non-hydrogen) atoms. The van der Waals surface area contributed by atoms with Crippen molar-refractivity contribution in [3.05, 3.63) is 27.3 Å². The molecule has 0 bridgehead atoms. The monoisotopic (exact) mass is 349 g/mol. The van der Waals surface area contributed by atoms with Crippen LogP contribution >= 0.6 is 34.4 Å². The lowest BCUT2D eigenvalue weighted by atomic mass is 10.1. The molecule has 1 fully saturated rings. The Bertz CT molecular complexity index is 405. The number of carbonyl (C=O) groups is 1. The van der Waals surface area contributed by atoms with E-state index in [1.165, 1.54) is 0 Å². The highest BCUT2D eigenvalue weighted by Crippen LogP contribution is 2.21. The fourth-order valence-electron chi connectivity index (χ4n) is 1.60. The van der Waals surface area contributed by atoms with E-state index in [-0.39, 0.29) is 17.7 Å². The smallest absolute Gasteiger partial charge is 0.255 e. The van der Waals surface area contributed by atoms with Gasteiger partial charge in [-0.15, -0.1) is 0 Å². The molecule has 0 spiro atoms. The van der Waals surface area contributed by atoms with Gasteiger partial charge in [-0.05, 0) is 53.0 Å². The van der Waals surface area contributed by atoms with E-state index in [4.69, 9.17) is 0 Å². The molecule has 0 radical (unpaired) electrons. The van der Waals surface area contributed by atoms with Crippen LogP contribution in [0.5, 0.6) is 5.75 Å². The zero-order valence-corrected chi connectivity index (χ0v) is 11.5. The quantitative estimate of drug-likeness (QED) is 0.806. The summed E-state index contributed by atoms with van der Waals surface area (Å²) < 4.78 is 0.946. The van der Waals surface area contributed by atoms with E-state index >= 15 is 0 Å². The topological polar surface area (TPSA) is 49.3 Å². The summed E-state index contributed by atoms with van der Waals surface area (Å²) in [6, 6.07) is 5.28. The molecule has 1 saturated heterocycles. The predicted molar refractivity (Wildman–Crippen MR) is 74.0 cm³/mol. The summed E-state index contributed by atoms with van der Waals surface area (Å²) >= 11 is 3.97. The normalized spacial score (nSPS) is 19.7. The summed E-state index contributed by atoms with van der Waals surface area (Å²) in [5, 5.41) is 12.6. The van der Waals surface area contributed by atoms with E-state index in [1.807, 2.05) is 11.8 Å². The highest BCUT2D eigenvalue weighted by atomic mass is 127. The van der Waals surface area contributed by atoms with Crippen LogP contribution in [-0.2, 0) is 0 Å². The van der Waals surface area contributed by atoms with Gasteiger partial charge in [0.15, 0.2) is 0 Å². The van der Waals surface area contributed by atoms with E-state index in [9.17, 15) is 9.90 Å². The first-order valence-electron chi connectivity index (χ1n) is 5.04. The van der Waals surface area contributed by atoms with Crippen molar-refractivity contribution in [1.29, 1.82) is 0 Å². The summed E-state index contributed by atoms with van der Waals surface area (Å²) in [5.74, 6) is 1.94. The first-order chi connectivity index (χ1) is 7.66. The maximum atomic E-state index is 11.9. The van der Waals surface area contributed by atoms with E-state index in [2.05, 4.69) is 27.9 Å². The molecule has 1 aromatic rings. The molecule has 3 nitrogen and oxygen atoms in total. The van der Waals surface area contributed by atoms with Crippen LogP contribution in [-0.4, -0.2) is 28.6 Å². The molecular weight excluding hydrogens is 337 g/mol. The van der Waals surface area contributed by atoms with Gasteiger partial charge in [0.1, 0.15) is 5.75 Å². The Labute approximate surface area is 112 Å². The molecule has 2 rings (SSSR count). The lowest BCUT2D eigenvalue weighted by molar-refractivity contribution is 0.0938. The minimum Gasteiger partial charge on any atom is -0.507 e. The van der Waals surface area contributed by atoms with Gasteiger partial charge in [0.25, 0.3) is 5.91 Å². The average Bonchev–Trinajstić information content (AvgIpc) is 2.74. The molecule has 1 unspecified atom stereocenters. The number of hydrogen-bond acceptors (Lipinski definition) is 3. The standard InChI is InChI=1S/C11H12INO2S/c12-7-1-2-10(14)9(5-7)11(15)13-8-3-4-16-6-8/h1-2,5,8,14H,3-4,6H2,(H,13,15). The second kappa shape index (κ2) is 5.27. The molecule has 1 aromatic carbocycles. The molecule has 2 N–H and O–H groups in total. The Morgan fingerprint density at radius 2 is 2.38 bits per heavy atom. The first kappa shape index (κ1) is 12.0. The molecule has 0 aromatic heterocycles. The van der Waals surface area contributed by atoms with Gasteiger partial charge in [0, 0.05) is 15.4 Å². The van der Waals surface area contributed by atoms with E-state index in [1.54, 1.807) is 18.2 Å². The Balaban J connectivity index is 2.10. The highest BCUT2D eigenvalue weighted by Gasteiger charge is 2.20. The van der Waals surface area contributed by atoms with Gasteiger partial charge in [-0.2, -0.15) is 11.8 Å². The summed E-state index contributed by atoms with van der Waals surface area (Å²) in [7, 11) is 0. The number of amides is 1. The third kappa shape index (κ3) is 2.82. The van der Waals surface area contributed by atoms with Crippen molar-refractivity contribution in [2.45, 2.75) is 12.5 Å². The van der Waals surface area contributed by atoms with E-state index < -0.39 is 0 Å². The Morgan fingerprint density at radius 1 is 1.56 bits per heavy atom. The molecule has 5 heteroatoms. The number of halogens is 1. The van der Waals surface area contributed by atoms with Crippen molar-refractivity contribution in [1.82, 2.24) is 5.32 Å². The van der Waals surface area contributed by atoms with Gasteiger partial charge >= 0.3 is 0 Å². The third-order valence-electron chi connectivity index (χ3n) is 2.47. The van der Waals surface area contributed by atoms with Crippen LogP contribution in [0.25, 0.3) is 0 Å². The number of nitrogens with one attached hydrogen (secondary N) is 1. The lowest BCUT2D eigenvalue weighted by Gasteiger charge is -2.12. The average molecular weight is 349 g/mol. The fourth-order valence-corrected chi connectivity index (χ4v) is 3.25. The van der Waals surface area contributed by atoms with Crippen molar-refractivity contribution < 1.29 is 9.90 Å². The van der Waals surface area contributed by atoms with Gasteiger partial charge in [-0.1, -0.05) is 0 Å². The predicted octanol–water partition coefficient (Wildman–Crippen LogP) is 2.23. The molecule has 1 aliphatic rings. The van der Waals surface area contributed by atoms with Crippen molar-refractivity contribution in [3.63, 3.8) is 0 Å². The third-order valence-corrected chi connectivity index (χ3v) is 4.30. The number of phenols is 1. The molecule has 1 atom stereocenters. The molecular formula is C11H12INO2S. The molecule has 86 valence electrons. The van der Waals surface area contributed by atoms with Crippen LogP contribution in [0.3, 0.4) is 0 Å². The van der Waals surface area contributed by atoms with Gasteiger partial charge in [-0.3, -0.25) is 4.79 Å². The summed E-state index contributed by atoms with van der Waals surface area (Å²) in [6.07, 6.45) is 1.01. The summed E-state index contributed by atoms with van der Waals surface area (Å²) in [6.45, 7) is 0. The Morgan fingerprint density at radius 3 is 3.06 bits per heavy atom. The largest absolute Gasteiger partial charge is 0.507 e. The SMILES string of the molecule is O=C(NC1CCSC1)c1cc(I)ccc1O. The summed E-state index contributed by atoms with van der Waals surface area (Å²) in [4.78, 5) is 11.9. The van der Waals surface area contributed by atoms with Crippen LogP contribution in [0.4, 0.5) is 0 Å². The van der Waals surface area contributed by atoms with Crippen molar-refractivity contribution in [2.24, 2.45) is 0 Å².